The summed E-state index contributed by atoms with van der Waals surface area (Å²) in [6, 6.07) is 16.6. The highest BCUT2D eigenvalue weighted by molar-refractivity contribution is 5.95. The monoisotopic (exact) mass is 364 g/mol. The number of guanidine groups is 1. The van der Waals surface area contributed by atoms with Gasteiger partial charge in [0.15, 0.2) is 5.96 Å². The van der Waals surface area contributed by atoms with Crippen LogP contribution in [-0.2, 0) is 17.9 Å². The number of carbonyl (C=O) groups excluding carboxylic acids is 1. The third-order valence-electron chi connectivity index (χ3n) is 4.63. The first-order valence-corrected chi connectivity index (χ1v) is 9.63. The maximum Gasteiger partial charge on any atom is 0.227 e. The Morgan fingerprint density at radius 1 is 1.11 bits per heavy atom. The Kier molecular flexibility index (Phi) is 6.47. The SMILES string of the molecule is CCNC(=NCc1cccc(C)c1)NCc1ccc(N2CCCC2=O)cc1. The van der Waals surface area contributed by atoms with Gasteiger partial charge in [-0.15, -0.1) is 0 Å². The van der Waals surface area contributed by atoms with Crippen LogP contribution in [0.2, 0.25) is 0 Å². The van der Waals surface area contributed by atoms with E-state index in [1.807, 2.05) is 17.0 Å². The summed E-state index contributed by atoms with van der Waals surface area (Å²) in [7, 11) is 0. The molecule has 142 valence electrons. The van der Waals surface area contributed by atoms with E-state index in [1.165, 1.54) is 11.1 Å². The number of benzene rings is 2. The third-order valence-corrected chi connectivity index (χ3v) is 4.63. The van der Waals surface area contributed by atoms with Crippen LogP contribution in [0.4, 0.5) is 5.69 Å². The van der Waals surface area contributed by atoms with Gasteiger partial charge in [-0.3, -0.25) is 4.79 Å². The smallest absolute Gasteiger partial charge is 0.227 e. The fraction of sp³-hybridized carbons (Fsp3) is 0.364. The van der Waals surface area contributed by atoms with Crippen molar-refractivity contribution in [3.63, 3.8) is 0 Å². The van der Waals surface area contributed by atoms with E-state index >= 15 is 0 Å². The van der Waals surface area contributed by atoms with Crippen LogP contribution in [0, 0.1) is 6.92 Å². The van der Waals surface area contributed by atoms with Gasteiger partial charge in [0.2, 0.25) is 5.91 Å². The van der Waals surface area contributed by atoms with Crippen molar-refractivity contribution in [2.24, 2.45) is 4.99 Å². The maximum absolute atomic E-state index is 11.8. The summed E-state index contributed by atoms with van der Waals surface area (Å²) in [5.41, 5.74) is 4.59. The summed E-state index contributed by atoms with van der Waals surface area (Å²) in [6.07, 6.45) is 1.61. The molecule has 0 atom stereocenters. The zero-order chi connectivity index (χ0) is 19.1. The second-order valence-electron chi connectivity index (χ2n) is 6.85. The summed E-state index contributed by atoms with van der Waals surface area (Å²) in [5.74, 6) is 1.02. The summed E-state index contributed by atoms with van der Waals surface area (Å²) < 4.78 is 0. The van der Waals surface area contributed by atoms with E-state index in [0.29, 0.717) is 19.5 Å². The zero-order valence-corrected chi connectivity index (χ0v) is 16.2. The lowest BCUT2D eigenvalue weighted by Crippen LogP contribution is -2.36. The predicted octanol–water partition coefficient (Wildman–Crippen LogP) is 3.38. The van der Waals surface area contributed by atoms with Crippen molar-refractivity contribution in [1.82, 2.24) is 10.6 Å². The minimum Gasteiger partial charge on any atom is -0.357 e. The number of hydrogen-bond donors (Lipinski definition) is 2. The maximum atomic E-state index is 11.8. The van der Waals surface area contributed by atoms with Crippen molar-refractivity contribution in [3.05, 3.63) is 65.2 Å². The molecule has 2 aromatic rings. The van der Waals surface area contributed by atoms with E-state index < -0.39 is 0 Å². The van der Waals surface area contributed by atoms with Gasteiger partial charge in [-0.2, -0.15) is 0 Å². The molecule has 5 nitrogen and oxygen atoms in total. The third kappa shape index (κ3) is 5.33. The molecule has 1 aliphatic rings. The van der Waals surface area contributed by atoms with Crippen molar-refractivity contribution in [2.45, 2.75) is 39.8 Å². The number of aliphatic imine (C=N–C) groups is 1. The van der Waals surface area contributed by atoms with Crippen LogP contribution in [0.1, 0.15) is 36.5 Å². The number of nitrogens with one attached hydrogen (secondary N) is 2. The normalized spacial score (nSPS) is 14.5. The molecule has 0 aliphatic carbocycles. The summed E-state index contributed by atoms with van der Waals surface area (Å²) >= 11 is 0. The number of hydrogen-bond acceptors (Lipinski definition) is 2. The highest BCUT2D eigenvalue weighted by Gasteiger charge is 2.21. The molecule has 0 unspecified atom stereocenters. The molecule has 2 aromatic carbocycles. The van der Waals surface area contributed by atoms with E-state index in [1.54, 1.807) is 0 Å². The van der Waals surface area contributed by atoms with Crippen LogP contribution in [0.15, 0.2) is 53.5 Å². The van der Waals surface area contributed by atoms with Crippen molar-refractivity contribution in [1.29, 1.82) is 0 Å². The average molecular weight is 364 g/mol. The standard InChI is InChI=1S/C22H28N4O/c1-3-23-22(25-16-19-7-4-6-17(2)14-19)24-15-18-9-11-20(12-10-18)26-13-5-8-21(26)27/h4,6-7,9-12,14H,3,5,8,13,15-16H2,1-2H3,(H2,23,24,25). The van der Waals surface area contributed by atoms with Crippen LogP contribution in [0.25, 0.3) is 0 Å². The number of anilines is 1. The molecular formula is C22H28N4O. The Morgan fingerprint density at radius 2 is 1.93 bits per heavy atom. The number of nitrogens with zero attached hydrogens (tertiary/aromatic N) is 2. The average Bonchev–Trinajstić information content (AvgIpc) is 3.10. The number of rotatable bonds is 6. The van der Waals surface area contributed by atoms with Crippen molar-refractivity contribution in [2.75, 3.05) is 18.0 Å². The molecule has 0 aromatic heterocycles. The molecule has 5 heteroatoms. The molecule has 3 rings (SSSR count). The van der Waals surface area contributed by atoms with Crippen molar-refractivity contribution < 1.29 is 4.79 Å². The van der Waals surface area contributed by atoms with Crippen molar-refractivity contribution >= 4 is 17.6 Å². The quantitative estimate of drug-likeness (QED) is 0.610. The molecule has 1 amide bonds. The minimum absolute atomic E-state index is 0.221. The lowest BCUT2D eigenvalue weighted by Gasteiger charge is -2.16. The Balaban J connectivity index is 1.58. The molecule has 0 bridgehead atoms. The number of carbonyl (C=O) groups is 1. The van der Waals surface area contributed by atoms with Crippen LogP contribution in [0.5, 0.6) is 0 Å². The topological polar surface area (TPSA) is 56.7 Å². The fourth-order valence-electron chi connectivity index (χ4n) is 3.22. The molecule has 1 fully saturated rings. The largest absolute Gasteiger partial charge is 0.357 e. The van der Waals surface area contributed by atoms with Crippen LogP contribution >= 0.6 is 0 Å². The predicted molar refractivity (Wildman–Crippen MR) is 111 cm³/mol. The van der Waals surface area contributed by atoms with E-state index in [0.717, 1.165) is 36.7 Å². The molecule has 0 radical (unpaired) electrons. The lowest BCUT2D eigenvalue weighted by atomic mass is 10.1. The van der Waals surface area contributed by atoms with E-state index in [2.05, 4.69) is 65.9 Å². The summed E-state index contributed by atoms with van der Waals surface area (Å²) in [5, 5.41) is 6.66. The molecule has 27 heavy (non-hydrogen) atoms. The molecule has 0 saturated carbocycles. The van der Waals surface area contributed by atoms with Crippen molar-refractivity contribution in [3.8, 4) is 0 Å². The van der Waals surface area contributed by atoms with E-state index in [-0.39, 0.29) is 5.91 Å². The first kappa shape index (κ1) is 19.0. The second kappa shape index (κ2) is 9.21. The van der Waals surface area contributed by atoms with Gasteiger partial charge in [0.25, 0.3) is 0 Å². The first-order valence-electron chi connectivity index (χ1n) is 9.63. The van der Waals surface area contributed by atoms with Gasteiger partial charge in [-0.25, -0.2) is 4.99 Å². The van der Waals surface area contributed by atoms with Gasteiger partial charge in [-0.05, 0) is 43.5 Å². The van der Waals surface area contributed by atoms with Gasteiger partial charge in [0.05, 0.1) is 6.54 Å². The number of aryl methyl sites for hydroxylation is 1. The van der Waals surface area contributed by atoms with Gasteiger partial charge in [-0.1, -0.05) is 42.0 Å². The van der Waals surface area contributed by atoms with Gasteiger partial charge in [0.1, 0.15) is 0 Å². The van der Waals surface area contributed by atoms with Crippen LogP contribution < -0.4 is 15.5 Å². The van der Waals surface area contributed by atoms with E-state index in [4.69, 9.17) is 0 Å². The van der Waals surface area contributed by atoms with Gasteiger partial charge in [0, 0.05) is 31.7 Å². The summed E-state index contributed by atoms with van der Waals surface area (Å²) in [6.45, 7) is 7.13. The molecule has 0 spiro atoms. The van der Waals surface area contributed by atoms with E-state index in [9.17, 15) is 4.79 Å². The first-order chi connectivity index (χ1) is 13.2. The molecule has 1 heterocycles. The Bertz CT molecular complexity index is 798. The highest BCUT2D eigenvalue weighted by Crippen LogP contribution is 2.21. The lowest BCUT2D eigenvalue weighted by molar-refractivity contribution is -0.117. The fourth-order valence-corrected chi connectivity index (χ4v) is 3.22. The Hall–Kier alpha value is -2.82. The second-order valence-corrected chi connectivity index (χ2v) is 6.85. The molecular weight excluding hydrogens is 336 g/mol. The molecule has 1 saturated heterocycles. The molecule has 1 aliphatic heterocycles. The molecule has 2 N–H and O–H groups in total. The minimum atomic E-state index is 0.221. The zero-order valence-electron chi connectivity index (χ0n) is 16.2. The summed E-state index contributed by atoms with van der Waals surface area (Å²) in [4.78, 5) is 18.4. The Labute approximate surface area is 161 Å². The highest BCUT2D eigenvalue weighted by atomic mass is 16.2. The van der Waals surface area contributed by atoms with Gasteiger partial charge >= 0.3 is 0 Å². The van der Waals surface area contributed by atoms with Crippen LogP contribution in [0.3, 0.4) is 0 Å². The Morgan fingerprint density at radius 3 is 2.59 bits per heavy atom. The van der Waals surface area contributed by atoms with Gasteiger partial charge < -0.3 is 15.5 Å². The number of amides is 1. The van der Waals surface area contributed by atoms with Crippen LogP contribution in [-0.4, -0.2) is 25.0 Å².